The predicted octanol–water partition coefficient (Wildman–Crippen LogP) is 1.65. The summed E-state index contributed by atoms with van der Waals surface area (Å²) in [5.74, 6) is 3.81. The van der Waals surface area contributed by atoms with Gasteiger partial charge in [0.05, 0.1) is 6.54 Å². The predicted molar refractivity (Wildman–Crippen MR) is 65.5 cm³/mol. The summed E-state index contributed by atoms with van der Waals surface area (Å²) in [6, 6.07) is 5.54. The Bertz CT molecular complexity index is 528. The molecule has 0 radical (unpaired) electrons. The smallest absolute Gasteiger partial charge is 0.255 e. The number of nitrogens with zero attached hydrogens (tertiary/aromatic N) is 1. The highest BCUT2D eigenvalue weighted by atomic mass is 16.7. The normalized spacial score (nSPS) is 16.2. The van der Waals surface area contributed by atoms with E-state index >= 15 is 0 Å². The van der Waals surface area contributed by atoms with Crippen LogP contribution in [0.1, 0.15) is 23.2 Å². The molecule has 92 valence electrons. The van der Waals surface area contributed by atoms with Gasteiger partial charge in [-0.2, -0.15) is 0 Å². The number of rotatable bonds is 3. The molecule has 1 fully saturated rings. The molecule has 1 aliphatic carbocycles. The van der Waals surface area contributed by atoms with E-state index in [2.05, 4.69) is 5.92 Å². The Morgan fingerprint density at radius 2 is 2.17 bits per heavy atom. The molecule has 18 heavy (non-hydrogen) atoms. The summed E-state index contributed by atoms with van der Waals surface area (Å²) in [5.41, 5.74) is 0.599. The quantitative estimate of drug-likeness (QED) is 0.758. The zero-order chi connectivity index (χ0) is 12.5. The van der Waals surface area contributed by atoms with E-state index in [1.54, 1.807) is 23.1 Å². The fourth-order valence-electron chi connectivity index (χ4n) is 2.05. The van der Waals surface area contributed by atoms with Crippen molar-refractivity contribution in [2.75, 3.05) is 13.3 Å². The Labute approximate surface area is 105 Å². The minimum Gasteiger partial charge on any atom is -0.454 e. The first-order valence-corrected chi connectivity index (χ1v) is 5.93. The summed E-state index contributed by atoms with van der Waals surface area (Å²) in [7, 11) is 0. The average molecular weight is 243 g/mol. The monoisotopic (exact) mass is 243 g/mol. The van der Waals surface area contributed by atoms with E-state index in [0.717, 1.165) is 12.8 Å². The van der Waals surface area contributed by atoms with Gasteiger partial charge in [0.1, 0.15) is 0 Å². The lowest BCUT2D eigenvalue weighted by Crippen LogP contribution is -2.33. The highest BCUT2D eigenvalue weighted by molar-refractivity contribution is 5.95. The van der Waals surface area contributed by atoms with Gasteiger partial charge in [0.25, 0.3) is 5.91 Å². The highest BCUT2D eigenvalue weighted by Crippen LogP contribution is 2.34. The van der Waals surface area contributed by atoms with Crippen molar-refractivity contribution in [2.24, 2.45) is 0 Å². The molecule has 1 aliphatic heterocycles. The third kappa shape index (κ3) is 1.88. The molecule has 0 unspecified atom stereocenters. The molecule has 0 spiro atoms. The van der Waals surface area contributed by atoms with Crippen molar-refractivity contribution in [1.82, 2.24) is 4.90 Å². The van der Waals surface area contributed by atoms with E-state index < -0.39 is 0 Å². The molecule has 4 heteroatoms. The second kappa shape index (κ2) is 4.26. The number of hydrogen-bond donors (Lipinski definition) is 0. The summed E-state index contributed by atoms with van der Waals surface area (Å²) in [6.45, 7) is 0.571. The maximum atomic E-state index is 12.4. The van der Waals surface area contributed by atoms with Crippen LogP contribution in [0.15, 0.2) is 18.2 Å². The average Bonchev–Trinajstić information content (AvgIpc) is 3.12. The minimum absolute atomic E-state index is 0.0336. The van der Waals surface area contributed by atoms with Gasteiger partial charge >= 0.3 is 0 Å². The molecular formula is C14H13NO3. The molecule has 3 rings (SSSR count). The van der Waals surface area contributed by atoms with E-state index in [1.807, 2.05) is 0 Å². The van der Waals surface area contributed by atoms with E-state index in [-0.39, 0.29) is 12.7 Å². The summed E-state index contributed by atoms with van der Waals surface area (Å²) in [5, 5.41) is 0. The maximum absolute atomic E-state index is 12.4. The van der Waals surface area contributed by atoms with Crippen LogP contribution in [0.4, 0.5) is 0 Å². The van der Waals surface area contributed by atoms with Crippen molar-refractivity contribution < 1.29 is 14.3 Å². The fourth-order valence-corrected chi connectivity index (χ4v) is 2.05. The fraction of sp³-hybridized carbons (Fsp3) is 0.357. The van der Waals surface area contributed by atoms with Crippen molar-refractivity contribution in [1.29, 1.82) is 0 Å². The summed E-state index contributed by atoms with van der Waals surface area (Å²) >= 11 is 0. The van der Waals surface area contributed by atoms with Crippen LogP contribution >= 0.6 is 0 Å². The largest absolute Gasteiger partial charge is 0.454 e. The maximum Gasteiger partial charge on any atom is 0.255 e. The molecule has 1 aromatic rings. The molecule has 0 aromatic heterocycles. The highest BCUT2D eigenvalue weighted by Gasteiger charge is 2.32. The topological polar surface area (TPSA) is 38.8 Å². The molecule has 1 amide bonds. The SMILES string of the molecule is C#CCN(C(=O)c1ccc2c(c1)OCO2)C1CC1. The van der Waals surface area contributed by atoms with Gasteiger partial charge in [0.2, 0.25) is 6.79 Å². The number of fused-ring (bicyclic) bond motifs is 1. The number of benzene rings is 1. The van der Waals surface area contributed by atoms with Crippen LogP contribution in [-0.2, 0) is 0 Å². The first kappa shape index (κ1) is 11.0. The molecule has 4 nitrogen and oxygen atoms in total. The zero-order valence-electron chi connectivity index (χ0n) is 9.89. The summed E-state index contributed by atoms with van der Waals surface area (Å²) in [4.78, 5) is 14.1. The summed E-state index contributed by atoms with van der Waals surface area (Å²) < 4.78 is 10.5. The van der Waals surface area contributed by atoms with E-state index in [4.69, 9.17) is 15.9 Å². The lowest BCUT2D eigenvalue weighted by molar-refractivity contribution is 0.0765. The van der Waals surface area contributed by atoms with Crippen LogP contribution in [-0.4, -0.2) is 30.2 Å². The Morgan fingerprint density at radius 3 is 2.89 bits per heavy atom. The Morgan fingerprint density at radius 1 is 1.39 bits per heavy atom. The van der Waals surface area contributed by atoms with Gasteiger partial charge in [-0.05, 0) is 31.0 Å². The first-order valence-electron chi connectivity index (χ1n) is 5.93. The van der Waals surface area contributed by atoms with Gasteiger partial charge in [-0.15, -0.1) is 6.42 Å². The van der Waals surface area contributed by atoms with E-state index in [9.17, 15) is 4.79 Å². The number of amides is 1. The van der Waals surface area contributed by atoms with Gasteiger partial charge in [-0.3, -0.25) is 4.79 Å². The Balaban J connectivity index is 1.85. The zero-order valence-corrected chi connectivity index (χ0v) is 9.89. The molecule has 1 aromatic carbocycles. The third-order valence-corrected chi connectivity index (χ3v) is 3.13. The number of carbonyl (C=O) groups is 1. The number of ether oxygens (including phenoxy) is 2. The van der Waals surface area contributed by atoms with Crippen LogP contribution in [0.5, 0.6) is 11.5 Å². The number of hydrogen-bond acceptors (Lipinski definition) is 3. The van der Waals surface area contributed by atoms with Crippen LogP contribution in [0.25, 0.3) is 0 Å². The Hall–Kier alpha value is -2.15. The van der Waals surface area contributed by atoms with Crippen LogP contribution in [0.2, 0.25) is 0 Å². The molecule has 0 atom stereocenters. The molecule has 0 N–H and O–H groups in total. The van der Waals surface area contributed by atoms with Gasteiger partial charge in [0, 0.05) is 11.6 Å². The van der Waals surface area contributed by atoms with Crippen molar-refractivity contribution in [3.05, 3.63) is 23.8 Å². The van der Waals surface area contributed by atoms with Gasteiger partial charge in [-0.1, -0.05) is 5.92 Å². The van der Waals surface area contributed by atoms with Crippen molar-refractivity contribution in [3.63, 3.8) is 0 Å². The lowest BCUT2D eigenvalue weighted by atomic mass is 10.1. The molecule has 1 saturated carbocycles. The number of carbonyl (C=O) groups excluding carboxylic acids is 1. The molecule has 1 heterocycles. The second-order valence-corrected chi connectivity index (χ2v) is 4.44. The van der Waals surface area contributed by atoms with Crippen LogP contribution in [0.3, 0.4) is 0 Å². The standard InChI is InChI=1S/C14H13NO3/c1-2-7-15(11-4-5-11)14(16)10-3-6-12-13(8-10)18-9-17-12/h1,3,6,8,11H,4-5,7,9H2. The third-order valence-electron chi connectivity index (χ3n) is 3.13. The minimum atomic E-state index is -0.0336. The molecular weight excluding hydrogens is 230 g/mol. The van der Waals surface area contributed by atoms with Gasteiger partial charge in [0.15, 0.2) is 11.5 Å². The number of terminal acetylenes is 1. The van der Waals surface area contributed by atoms with E-state index in [1.165, 1.54) is 0 Å². The van der Waals surface area contributed by atoms with Crippen molar-refractivity contribution >= 4 is 5.91 Å². The molecule has 0 saturated heterocycles. The lowest BCUT2D eigenvalue weighted by Gasteiger charge is -2.19. The molecule has 0 bridgehead atoms. The first-order chi connectivity index (χ1) is 8.79. The van der Waals surface area contributed by atoms with Crippen LogP contribution in [0, 0.1) is 12.3 Å². The van der Waals surface area contributed by atoms with E-state index in [0.29, 0.717) is 29.6 Å². The van der Waals surface area contributed by atoms with Gasteiger partial charge < -0.3 is 14.4 Å². The van der Waals surface area contributed by atoms with Crippen molar-refractivity contribution in [2.45, 2.75) is 18.9 Å². The molecule has 2 aliphatic rings. The van der Waals surface area contributed by atoms with Gasteiger partial charge in [-0.25, -0.2) is 0 Å². The second-order valence-electron chi connectivity index (χ2n) is 4.44. The van der Waals surface area contributed by atoms with Crippen molar-refractivity contribution in [3.8, 4) is 23.8 Å². The van der Waals surface area contributed by atoms with Crippen LogP contribution < -0.4 is 9.47 Å². The Kier molecular flexibility index (Phi) is 2.60. The summed E-state index contributed by atoms with van der Waals surface area (Å²) in [6.07, 6.45) is 7.39.